The normalized spacial score (nSPS) is 12.3. The predicted octanol–water partition coefficient (Wildman–Crippen LogP) is -0.658. The van der Waals surface area contributed by atoms with Crippen molar-refractivity contribution in [2.75, 3.05) is 6.61 Å². The summed E-state index contributed by atoms with van der Waals surface area (Å²) < 4.78 is 7.48. The van der Waals surface area contributed by atoms with Crippen molar-refractivity contribution in [1.29, 1.82) is 0 Å². The summed E-state index contributed by atoms with van der Waals surface area (Å²) >= 11 is 1.06. The number of nitrogens with one attached hydrogen (secondary N) is 1. The van der Waals surface area contributed by atoms with Crippen molar-refractivity contribution in [2.45, 2.75) is 37.2 Å². The fraction of sp³-hybridized carbons (Fsp3) is 0.500. The lowest BCUT2D eigenvalue weighted by Crippen LogP contribution is -2.30. The molecular formula is C14H19N5O5S. The average Bonchev–Trinajstić information content (AvgIpc) is 2.88. The summed E-state index contributed by atoms with van der Waals surface area (Å²) in [4.78, 5) is 53.8. The molecule has 25 heavy (non-hydrogen) atoms. The van der Waals surface area contributed by atoms with Gasteiger partial charge in [0.05, 0.1) is 6.61 Å². The molecule has 0 aromatic carbocycles. The highest BCUT2D eigenvalue weighted by molar-refractivity contribution is 8.00. The van der Waals surface area contributed by atoms with E-state index < -0.39 is 28.4 Å². The second-order valence-electron chi connectivity index (χ2n) is 5.20. The van der Waals surface area contributed by atoms with Crippen LogP contribution < -0.4 is 17.0 Å². The number of esters is 1. The molecule has 3 N–H and O–H groups in total. The van der Waals surface area contributed by atoms with E-state index in [-0.39, 0.29) is 29.5 Å². The van der Waals surface area contributed by atoms with Crippen LogP contribution in [-0.2, 0) is 27.9 Å². The van der Waals surface area contributed by atoms with Crippen molar-refractivity contribution in [3.63, 3.8) is 0 Å². The van der Waals surface area contributed by atoms with E-state index in [0.717, 1.165) is 16.3 Å². The summed E-state index contributed by atoms with van der Waals surface area (Å²) in [5.41, 5.74) is 4.11. The van der Waals surface area contributed by atoms with Crippen molar-refractivity contribution in [1.82, 2.24) is 19.1 Å². The monoisotopic (exact) mass is 369 g/mol. The van der Waals surface area contributed by atoms with Gasteiger partial charge in [-0.1, -0.05) is 18.7 Å². The molecule has 1 atom stereocenters. The third kappa shape index (κ3) is 3.76. The number of ether oxygens (including phenoxy) is 1. The zero-order chi connectivity index (χ0) is 18.7. The van der Waals surface area contributed by atoms with Crippen molar-refractivity contribution in [3.05, 3.63) is 20.8 Å². The zero-order valence-electron chi connectivity index (χ0n) is 14.1. The van der Waals surface area contributed by atoms with Gasteiger partial charge >= 0.3 is 11.7 Å². The first-order chi connectivity index (χ1) is 11.8. The zero-order valence-corrected chi connectivity index (χ0v) is 14.9. The van der Waals surface area contributed by atoms with Crippen LogP contribution in [0.3, 0.4) is 0 Å². The molecule has 0 aliphatic rings. The number of carbonyl (C=O) groups is 2. The maximum atomic E-state index is 12.2. The SMILES string of the molecule is CCOC(=O)C(CC)Sc1nc2c(c(=O)[nH]c(=O)n2C)n1CC(N)=O. The Morgan fingerprint density at radius 2 is 2.04 bits per heavy atom. The molecule has 1 unspecified atom stereocenters. The van der Waals surface area contributed by atoms with Crippen LogP contribution in [0.2, 0.25) is 0 Å². The van der Waals surface area contributed by atoms with E-state index in [2.05, 4.69) is 9.97 Å². The fourth-order valence-electron chi connectivity index (χ4n) is 2.27. The number of rotatable bonds is 7. The number of nitrogens with two attached hydrogens (primary N) is 1. The van der Waals surface area contributed by atoms with Gasteiger partial charge in [0.25, 0.3) is 5.56 Å². The van der Waals surface area contributed by atoms with Gasteiger partial charge in [-0.05, 0) is 13.3 Å². The third-order valence-electron chi connectivity index (χ3n) is 3.45. The number of hydrogen-bond donors (Lipinski definition) is 2. The van der Waals surface area contributed by atoms with Crippen molar-refractivity contribution < 1.29 is 14.3 Å². The highest BCUT2D eigenvalue weighted by atomic mass is 32.2. The van der Waals surface area contributed by atoms with Crippen LogP contribution in [0.1, 0.15) is 20.3 Å². The van der Waals surface area contributed by atoms with Crippen LogP contribution in [0.25, 0.3) is 11.2 Å². The Morgan fingerprint density at radius 1 is 1.36 bits per heavy atom. The summed E-state index contributed by atoms with van der Waals surface area (Å²) in [7, 11) is 1.44. The molecule has 2 rings (SSSR count). The number of amides is 1. The predicted molar refractivity (Wildman–Crippen MR) is 91.4 cm³/mol. The molecule has 0 saturated heterocycles. The highest BCUT2D eigenvalue weighted by Crippen LogP contribution is 2.28. The van der Waals surface area contributed by atoms with Gasteiger partial charge in [0.2, 0.25) is 5.91 Å². The Morgan fingerprint density at radius 3 is 2.60 bits per heavy atom. The van der Waals surface area contributed by atoms with E-state index in [4.69, 9.17) is 10.5 Å². The Balaban J connectivity index is 2.62. The van der Waals surface area contributed by atoms with Gasteiger partial charge in [0, 0.05) is 7.05 Å². The smallest absolute Gasteiger partial charge is 0.329 e. The topological polar surface area (TPSA) is 142 Å². The van der Waals surface area contributed by atoms with Crippen molar-refractivity contribution >= 4 is 34.8 Å². The number of fused-ring (bicyclic) bond motifs is 1. The van der Waals surface area contributed by atoms with E-state index in [1.54, 1.807) is 13.8 Å². The number of nitrogens with zero attached hydrogens (tertiary/aromatic N) is 3. The van der Waals surface area contributed by atoms with Crippen LogP contribution in [-0.4, -0.2) is 42.8 Å². The van der Waals surface area contributed by atoms with Gasteiger partial charge in [-0.15, -0.1) is 0 Å². The maximum absolute atomic E-state index is 12.2. The van der Waals surface area contributed by atoms with E-state index in [1.807, 2.05) is 0 Å². The molecular weight excluding hydrogens is 350 g/mol. The summed E-state index contributed by atoms with van der Waals surface area (Å²) in [6, 6.07) is 0. The van der Waals surface area contributed by atoms with Gasteiger partial charge < -0.3 is 15.0 Å². The minimum atomic E-state index is -0.682. The molecule has 10 nitrogen and oxygen atoms in total. The van der Waals surface area contributed by atoms with E-state index >= 15 is 0 Å². The quantitative estimate of drug-likeness (QED) is 0.487. The summed E-state index contributed by atoms with van der Waals surface area (Å²) in [6.45, 7) is 3.44. The first-order valence-electron chi connectivity index (χ1n) is 7.61. The van der Waals surface area contributed by atoms with Gasteiger partial charge in [0.15, 0.2) is 16.3 Å². The minimum absolute atomic E-state index is 0.0436. The molecule has 0 bridgehead atoms. The van der Waals surface area contributed by atoms with Gasteiger partial charge in [0.1, 0.15) is 11.8 Å². The molecule has 0 fully saturated rings. The van der Waals surface area contributed by atoms with Crippen molar-refractivity contribution in [2.24, 2.45) is 12.8 Å². The lowest BCUT2D eigenvalue weighted by Gasteiger charge is -2.13. The van der Waals surface area contributed by atoms with E-state index in [9.17, 15) is 19.2 Å². The lowest BCUT2D eigenvalue weighted by atomic mass is 10.3. The molecule has 2 aromatic rings. The average molecular weight is 369 g/mol. The Hall–Kier alpha value is -2.56. The number of primary amides is 1. The lowest BCUT2D eigenvalue weighted by molar-refractivity contribution is -0.142. The molecule has 0 saturated carbocycles. The molecule has 0 aliphatic carbocycles. The number of hydrogen-bond acceptors (Lipinski definition) is 7. The minimum Gasteiger partial charge on any atom is -0.465 e. The number of H-pyrrole nitrogens is 1. The standard InChI is InChI=1S/C14H19N5O5S/c1-4-7(12(22)24-5-2)25-14-16-10-9(19(14)6-8(15)20)11(21)17-13(23)18(10)3/h7H,4-6H2,1-3H3,(H2,15,20)(H,17,21,23). The first-order valence-corrected chi connectivity index (χ1v) is 8.49. The molecule has 11 heteroatoms. The van der Waals surface area contributed by atoms with Gasteiger partial charge in [-0.3, -0.25) is 23.9 Å². The van der Waals surface area contributed by atoms with E-state index in [0.29, 0.717) is 6.42 Å². The number of carbonyl (C=O) groups excluding carboxylic acids is 2. The first kappa shape index (κ1) is 18.8. The molecule has 2 aromatic heterocycles. The second-order valence-corrected chi connectivity index (χ2v) is 6.37. The Kier molecular flexibility index (Phi) is 5.67. The molecule has 0 radical (unpaired) electrons. The van der Waals surface area contributed by atoms with Crippen LogP contribution in [0.4, 0.5) is 0 Å². The molecule has 1 amide bonds. The number of aromatic nitrogens is 4. The Labute approximate surface area is 146 Å². The number of aromatic amines is 1. The second kappa shape index (κ2) is 7.55. The van der Waals surface area contributed by atoms with Gasteiger partial charge in [-0.2, -0.15) is 0 Å². The molecule has 0 aliphatic heterocycles. The number of thioether (sulfide) groups is 1. The number of aryl methyl sites for hydroxylation is 1. The van der Waals surface area contributed by atoms with Crippen LogP contribution in [0.15, 0.2) is 14.7 Å². The summed E-state index contributed by atoms with van der Waals surface area (Å²) in [5, 5.41) is -0.333. The van der Waals surface area contributed by atoms with Crippen LogP contribution in [0.5, 0.6) is 0 Å². The van der Waals surface area contributed by atoms with Crippen LogP contribution in [0, 0.1) is 0 Å². The third-order valence-corrected chi connectivity index (χ3v) is 4.79. The Bertz CT molecular complexity index is 928. The molecule has 0 spiro atoms. The fourth-order valence-corrected chi connectivity index (χ4v) is 3.28. The largest absolute Gasteiger partial charge is 0.465 e. The summed E-state index contributed by atoms with van der Waals surface area (Å²) in [5.74, 6) is -1.10. The molecule has 2 heterocycles. The van der Waals surface area contributed by atoms with Crippen molar-refractivity contribution in [3.8, 4) is 0 Å². The molecule has 136 valence electrons. The van der Waals surface area contributed by atoms with Gasteiger partial charge in [-0.25, -0.2) is 9.78 Å². The maximum Gasteiger partial charge on any atom is 0.329 e. The number of imidazole rings is 1. The summed E-state index contributed by atoms with van der Waals surface area (Å²) in [6.07, 6.45) is 0.457. The highest BCUT2D eigenvalue weighted by Gasteiger charge is 2.25. The van der Waals surface area contributed by atoms with Crippen LogP contribution >= 0.6 is 11.8 Å². The van der Waals surface area contributed by atoms with E-state index in [1.165, 1.54) is 11.6 Å².